The normalized spacial score (nSPS) is 17.9. The zero-order valence-electron chi connectivity index (χ0n) is 11.8. The van der Waals surface area contributed by atoms with Crippen LogP contribution in [0.15, 0.2) is 0 Å². The number of hydrogen-bond donors (Lipinski definition) is 3. The predicted octanol–water partition coefficient (Wildman–Crippen LogP) is -1.47. The van der Waals surface area contributed by atoms with Gasteiger partial charge < -0.3 is 25.2 Å². The Labute approximate surface area is 126 Å². The van der Waals surface area contributed by atoms with E-state index in [0.29, 0.717) is 26.3 Å². The van der Waals surface area contributed by atoms with Gasteiger partial charge in [0.15, 0.2) is 6.04 Å². The summed E-state index contributed by atoms with van der Waals surface area (Å²) < 4.78 is 5.14. The fourth-order valence-electron chi connectivity index (χ4n) is 1.74. The second-order valence-corrected chi connectivity index (χ2v) is 5.60. The van der Waals surface area contributed by atoms with Gasteiger partial charge in [-0.3, -0.25) is 9.59 Å². The number of carbonyl (C=O) groups excluding carboxylic acids is 2. The first-order chi connectivity index (χ1) is 9.91. The van der Waals surface area contributed by atoms with Crippen LogP contribution >= 0.6 is 11.8 Å². The molecule has 1 heterocycles. The Morgan fingerprint density at radius 1 is 1.29 bits per heavy atom. The average molecular weight is 320 g/mol. The summed E-state index contributed by atoms with van der Waals surface area (Å²) >= 11 is 1.11. The monoisotopic (exact) mass is 320 g/mol. The van der Waals surface area contributed by atoms with Crippen LogP contribution in [-0.4, -0.2) is 82.9 Å². The fraction of sp³-hybridized carbons (Fsp3) is 0.750. The minimum atomic E-state index is -1.34. The molecule has 1 fully saturated rings. The van der Waals surface area contributed by atoms with Crippen molar-refractivity contribution in [3.05, 3.63) is 0 Å². The Hall–Kier alpha value is -1.32. The first kappa shape index (κ1) is 17.7. The number of ether oxygens (including phenoxy) is 1. The maximum atomic E-state index is 11.8. The number of carboxylic acid groups (broad SMARTS) is 1. The number of aliphatic hydroxyl groups excluding tert-OH is 1. The number of thioether (sulfide) groups is 1. The summed E-state index contributed by atoms with van der Waals surface area (Å²) in [4.78, 5) is 35.9. The Morgan fingerprint density at radius 3 is 2.43 bits per heavy atom. The van der Waals surface area contributed by atoms with Crippen LogP contribution in [0.5, 0.6) is 0 Å². The quantitative estimate of drug-likeness (QED) is 0.524. The van der Waals surface area contributed by atoms with Gasteiger partial charge in [-0.2, -0.15) is 0 Å². The minimum Gasteiger partial charge on any atom is -0.480 e. The smallest absolute Gasteiger partial charge is 0.328 e. The Kier molecular flexibility index (Phi) is 7.48. The second kappa shape index (κ2) is 8.85. The van der Waals surface area contributed by atoms with Gasteiger partial charge in [0.1, 0.15) is 0 Å². The van der Waals surface area contributed by atoms with Gasteiger partial charge in [0, 0.05) is 13.1 Å². The molecule has 0 aliphatic carbocycles. The topological polar surface area (TPSA) is 116 Å². The molecule has 0 spiro atoms. The van der Waals surface area contributed by atoms with E-state index in [-0.39, 0.29) is 17.4 Å². The largest absolute Gasteiger partial charge is 0.480 e. The first-order valence-corrected chi connectivity index (χ1v) is 7.70. The summed E-state index contributed by atoms with van der Waals surface area (Å²) in [6, 6.07) is -1.34. The third-order valence-electron chi connectivity index (χ3n) is 2.89. The molecule has 1 aliphatic heterocycles. The first-order valence-electron chi connectivity index (χ1n) is 6.55. The molecule has 2 atom stereocenters. The molecule has 0 unspecified atom stereocenters. The van der Waals surface area contributed by atoms with Crippen LogP contribution < -0.4 is 5.32 Å². The van der Waals surface area contributed by atoms with Crippen LogP contribution in [0, 0.1) is 0 Å². The van der Waals surface area contributed by atoms with Crippen molar-refractivity contribution in [2.75, 3.05) is 37.8 Å². The number of aliphatic hydroxyl groups is 1. The summed E-state index contributed by atoms with van der Waals surface area (Å²) in [5.41, 5.74) is 0. The van der Waals surface area contributed by atoms with Crippen LogP contribution in [0.2, 0.25) is 0 Å². The number of aliphatic carboxylic acids is 1. The summed E-state index contributed by atoms with van der Waals surface area (Å²) in [5, 5.41) is 20.3. The Bertz CT molecular complexity index is 384. The zero-order chi connectivity index (χ0) is 15.8. The highest BCUT2D eigenvalue weighted by molar-refractivity contribution is 8.00. The molecule has 1 saturated heterocycles. The van der Waals surface area contributed by atoms with Crippen molar-refractivity contribution in [2.45, 2.75) is 19.1 Å². The number of nitrogens with one attached hydrogen (secondary N) is 1. The van der Waals surface area contributed by atoms with E-state index in [4.69, 9.17) is 9.84 Å². The molecular formula is C12H20N2O6S. The fourth-order valence-corrected chi connectivity index (χ4v) is 2.47. The van der Waals surface area contributed by atoms with E-state index in [0.717, 1.165) is 11.8 Å². The van der Waals surface area contributed by atoms with Gasteiger partial charge in [-0.05, 0) is 6.92 Å². The number of rotatable bonds is 7. The summed E-state index contributed by atoms with van der Waals surface area (Å²) in [7, 11) is 0. The van der Waals surface area contributed by atoms with Crippen molar-refractivity contribution in [1.82, 2.24) is 10.2 Å². The van der Waals surface area contributed by atoms with Crippen LogP contribution in [0.1, 0.15) is 6.92 Å². The predicted molar refractivity (Wildman–Crippen MR) is 76.0 cm³/mol. The molecule has 2 amide bonds. The van der Waals surface area contributed by atoms with Crippen molar-refractivity contribution in [1.29, 1.82) is 0 Å². The number of amides is 2. The highest BCUT2D eigenvalue weighted by Crippen LogP contribution is 2.05. The summed E-state index contributed by atoms with van der Waals surface area (Å²) in [6.07, 6.45) is -1.19. The molecule has 0 aromatic rings. The van der Waals surface area contributed by atoms with E-state index in [1.807, 2.05) is 0 Å². The molecule has 1 aliphatic rings. The van der Waals surface area contributed by atoms with Crippen molar-refractivity contribution < 1.29 is 29.3 Å². The molecule has 0 aromatic heterocycles. The highest BCUT2D eigenvalue weighted by atomic mass is 32.2. The molecule has 0 radical (unpaired) electrons. The number of hydrogen-bond acceptors (Lipinski definition) is 6. The average Bonchev–Trinajstić information content (AvgIpc) is 2.45. The molecule has 120 valence electrons. The van der Waals surface area contributed by atoms with Gasteiger partial charge >= 0.3 is 5.97 Å². The van der Waals surface area contributed by atoms with Crippen LogP contribution in [0.4, 0.5) is 0 Å². The highest BCUT2D eigenvalue weighted by Gasteiger charge is 2.25. The number of nitrogens with zero attached hydrogens (tertiary/aromatic N) is 1. The Morgan fingerprint density at radius 2 is 1.90 bits per heavy atom. The lowest BCUT2D eigenvalue weighted by atomic mass is 10.2. The van der Waals surface area contributed by atoms with E-state index < -0.39 is 24.0 Å². The van der Waals surface area contributed by atoms with E-state index in [1.54, 1.807) is 4.90 Å². The third kappa shape index (κ3) is 6.32. The van der Waals surface area contributed by atoms with Gasteiger partial charge in [0.25, 0.3) is 0 Å². The van der Waals surface area contributed by atoms with Gasteiger partial charge in [-0.25, -0.2) is 4.79 Å². The maximum Gasteiger partial charge on any atom is 0.328 e. The SMILES string of the molecule is C[C@@H](O)[C@H](NC(=O)CSCC(=O)N1CCOCC1)C(=O)O. The summed E-state index contributed by atoms with van der Waals surface area (Å²) in [6.45, 7) is 3.43. The van der Waals surface area contributed by atoms with Gasteiger partial charge in [0.2, 0.25) is 11.8 Å². The lowest BCUT2D eigenvalue weighted by Gasteiger charge is -2.26. The maximum absolute atomic E-state index is 11.8. The van der Waals surface area contributed by atoms with Crippen LogP contribution in [-0.2, 0) is 19.1 Å². The molecule has 0 bridgehead atoms. The lowest BCUT2D eigenvalue weighted by molar-refractivity contribution is -0.144. The van der Waals surface area contributed by atoms with Gasteiger partial charge in [-0.1, -0.05) is 0 Å². The van der Waals surface area contributed by atoms with E-state index in [9.17, 15) is 19.5 Å². The number of morpholine rings is 1. The molecule has 8 nitrogen and oxygen atoms in total. The van der Waals surface area contributed by atoms with E-state index in [1.165, 1.54) is 6.92 Å². The van der Waals surface area contributed by atoms with Gasteiger partial charge in [-0.15, -0.1) is 11.8 Å². The number of carbonyl (C=O) groups is 3. The molecular weight excluding hydrogens is 300 g/mol. The molecule has 1 rings (SSSR count). The molecule has 3 N–H and O–H groups in total. The van der Waals surface area contributed by atoms with Crippen LogP contribution in [0.25, 0.3) is 0 Å². The van der Waals surface area contributed by atoms with Crippen molar-refractivity contribution in [2.24, 2.45) is 0 Å². The van der Waals surface area contributed by atoms with Crippen molar-refractivity contribution >= 4 is 29.5 Å². The third-order valence-corrected chi connectivity index (χ3v) is 3.80. The van der Waals surface area contributed by atoms with Crippen molar-refractivity contribution in [3.8, 4) is 0 Å². The van der Waals surface area contributed by atoms with Gasteiger partial charge in [0.05, 0.1) is 30.8 Å². The standard InChI is InChI=1S/C12H20N2O6S/c1-8(15)11(12(18)19)13-9(16)6-21-7-10(17)14-2-4-20-5-3-14/h8,11,15H,2-7H2,1H3,(H,13,16)(H,18,19)/t8-,11+/m1/s1. The van der Waals surface area contributed by atoms with Crippen LogP contribution in [0.3, 0.4) is 0 Å². The number of carboxylic acids is 1. The zero-order valence-corrected chi connectivity index (χ0v) is 12.6. The van der Waals surface area contributed by atoms with Crippen molar-refractivity contribution in [3.63, 3.8) is 0 Å². The lowest BCUT2D eigenvalue weighted by Crippen LogP contribution is -2.48. The molecule has 21 heavy (non-hydrogen) atoms. The molecule has 9 heteroatoms. The van der Waals surface area contributed by atoms with E-state index >= 15 is 0 Å². The summed E-state index contributed by atoms with van der Waals surface area (Å²) in [5.74, 6) is -1.77. The minimum absolute atomic E-state index is 0.0351. The van der Waals surface area contributed by atoms with E-state index in [2.05, 4.69) is 5.32 Å². The second-order valence-electron chi connectivity index (χ2n) is 4.61. The Balaban J connectivity index is 2.26. The molecule has 0 saturated carbocycles. The molecule has 0 aromatic carbocycles.